The Balaban J connectivity index is 1.69. The summed E-state index contributed by atoms with van der Waals surface area (Å²) in [5, 5.41) is 4.88. The largest absolute Gasteiger partial charge is 0.308 e. The number of benzene rings is 2. The summed E-state index contributed by atoms with van der Waals surface area (Å²) in [6.45, 7) is 0.632. The molecule has 0 spiro atoms. The number of nitrogens with zero attached hydrogens (tertiary/aromatic N) is 3. The van der Waals surface area contributed by atoms with E-state index in [0.29, 0.717) is 28.7 Å². The van der Waals surface area contributed by atoms with Gasteiger partial charge in [0.25, 0.3) is 11.5 Å². The van der Waals surface area contributed by atoms with E-state index in [4.69, 9.17) is 0 Å². The summed E-state index contributed by atoms with van der Waals surface area (Å²) in [4.78, 5) is 30.0. The van der Waals surface area contributed by atoms with Crippen LogP contribution in [0.4, 0.5) is 5.69 Å². The second kappa shape index (κ2) is 5.04. The van der Waals surface area contributed by atoms with Gasteiger partial charge in [-0.3, -0.25) is 9.59 Å². The highest BCUT2D eigenvalue weighted by Crippen LogP contribution is 2.29. The first-order valence-corrected chi connectivity index (χ1v) is 8.12. The first kappa shape index (κ1) is 14.0. The fourth-order valence-corrected chi connectivity index (χ4v) is 3.53. The molecule has 0 bridgehead atoms. The standard InChI is InChI=1S/C19H14N4O2/c24-18-13-6-2-4-8-16(13)23-17(21-18)14(11-20-23)19(25)22-10-9-12-5-1-3-7-15(12)22/h1-8,11H,9-10H2,(H,21,24). The summed E-state index contributed by atoms with van der Waals surface area (Å²) in [7, 11) is 0. The number of amides is 1. The van der Waals surface area contributed by atoms with Crippen molar-refractivity contribution in [3.05, 3.63) is 76.2 Å². The van der Waals surface area contributed by atoms with Crippen LogP contribution in [0, 0.1) is 0 Å². The number of carbonyl (C=O) groups excluding carboxylic acids is 1. The first-order chi connectivity index (χ1) is 12.2. The molecule has 0 radical (unpaired) electrons. The SMILES string of the molecule is O=C(c1cnn2c1[nH]c(=O)c1ccccc12)N1CCc2ccccc21. The van der Waals surface area contributed by atoms with Gasteiger partial charge in [-0.2, -0.15) is 5.10 Å². The molecule has 0 saturated carbocycles. The van der Waals surface area contributed by atoms with E-state index in [-0.39, 0.29) is 11.5 Å². The van der Waals surface area contributed by atoms with Gasteiger partial charge < -0.3 is 9.88 Å². The Hall–Kier alpha value is -3.41. The maximum Gasteiger partial charge on any atom is 0.263 e. The smallest absolute Gasteiger partial charge is 0.263 e. The normalized spacial score (nSPS) is 13.5. The van der Waals surface area contributed by atoms with Crippen molar-refractivity contribution in [2.75, 3.05) is 11.4 Å². The molecule has 6 heteroatoms. The number of aromatic nitrogens is 3. The van der Waals surface area contributed by atoms with E-state index >= 15 is 0 Å². The van der Waals surface area contributed by atoms with Gasteiger partial charge in [0.2, 0.25) is 0 Å². The number of H-pyrrole nitrogens is 1. The van der Waals surface area contributed by atoms with Crippen LogP contribution >= 0.6 is 0 Å². The summed E-state index contributed by atoms with van der Waals surface area (Å²) in [6.07, 6.45) is 2.36. The highest BCUT2D eigenvalue weighted by atomic mass is 16.2. The number of hydrogen-bond acceptors (Lipinski definition) is 3. The lowest BCUT2D eigenvalue weighted by molar-refractivity contribution is 0.0991. The summed E-state index contributed by atoms with van der Waals surface area (Å²) in [5.41, 5.74) is 3.38. The van der Waals surface area contributed by atoms with Crippen molar-refractivity contribution >= 4 is 28.1 Å². The predicted molar refractivity (Wildman–Crippen MR) is 95.1 cm³/mol. The van der Waals surface area contributed by atoms with Crippen LogP contribution in [0.3, 0.4) is 0 Å². The van der Waals surface area contributed by atoms with Gasteiger partial charge in [-0.05, 0) is 30.2 Å². The molecule has 122 valence electrons. The summed E-state index contributed by atoms with van der Waals surface area (Å²) in [5.74, 6) is -0.147. The van der Waals surface area contributed by atoms with Gasteiger partial charge in [-0.15, -0.1) is 0 Å². The Morgan fingerprint density at radius 3 is 2.80 bits per heavy atom. The fourth-order valence-electron chi connectivity index (χ4n) is 3.53. The summed E-state index contributed by atoms with van der Waals surface area (Å²) >= 11 is 0. The number of nitrogens with one attached hydrogen (secondary N) is 1. The van der Waals surface area contributed by atoms with E-state index < -0.39 is 0 Å². The molecule has 3 heterocycles. The molecule has 2 aromatic heterocycles. The number of carbonyl (C=O) groups is 1. The third kappa shape index (κ3) is 1.94. The second-order valence-corrected chi connectivity index (χ2v) is 6.13. The van der Waals surface area contributed by atoms with Crippen LogP contribution in [0.15, 0.2) is 59.5 Å². The molecule has 1 aliphatic rings. The molecule has 25 heavy (non-hydrogen) atoms. The molecular formula is C19H14N4O2. The third-order valence-corrected chi connectivity index (χ3v) is 4.74. The quantitative estimate of drug-likeness (QED) is 0.582. The van der Waals surface area contributed by atoms with Crippen LogP contribution in [0.1, 0.15) is 15.9 Å². The number of aromatic amines is 1. The van der Waals surface area contributed by atoms with Crippen molar-refractivity contribution in [1.29, 1.82) is 0 Å². The molecule has 1 N–H and O–H groups in total. The Labute approximate surface area is 142 Å². The van der Waals surface area contributed by atoms with Gasteiger partial charge in [0.1, 0.15) is 11.2 Å². The molecule has 0 saturated heterocycles. The highest BCUT2D eigenvalue weighted by Gasteiger charge is 2.27. The molecule has 0 fully saturated rings. The molecule has 2 aromatic carbocycles. The zero-order valence-electron chi connectivity index (χ0n) is 13.3. The van der Waals surface area contributed by atoms with E-state index in [9.17, 15) is 9.59 Å². The van der Waals surface area contributed by atoms with Crippen LogP contribution in [0.2, 0.25) is 0 Å². The van der Waals surface area contributed by atoms with Crippen molar-refractivity contribution < 1.29 is 4.79 Å². The molecule has 0 aliphatic carbocycles. The average molecular weight is 330 g/mol. The van der Waals surface area contributed by atoms with Gasteiger partial charge in [0.15, 0.2) is 0 Å². The van der Waals surface area contributed by atoms with Crippen LogP contribution in [0.25, 0.3) is 16.6 Å². The van der Waals surface area contributed by atoms with Crippen molar-refractivity contribution in [3.63, 3.8) is 0 Å². The summed E-state index contributed by atoms with van der Waals surface area (Å²) < 4.78 is 1.62. The number of anilines is 1. The van der Waals surface area contributed by atoms with Crippen LogP contribution in [0.5, 0.6) is 0 Å². The van der Waals surface area contributed by atoms with Crippen molar-refractivity contribution in [3.8, 4) is 0 Å². The Morgan fingerprint density at radius 1 is 1.08 bits per heavy atom. The first-order valence-electron chi connectivity index (χ1n) is 8.12. The summed E-state index contributed by atoms with van der Waals surface area (Å²) in [6, 6.07) is 15.1. The van der Waals surface area contributed by atoms with Gasteiger partial charge in [-0.1, -0.05) is 30.3 Å². The molecule has 6 nitrogen and oxygen atoms in total. The van der Waals surface area contributed by atoms with E-state index in [0.717, 1.165) is 17.7 Å². The minimum absolute atomic E-state index is 0.147. The van der Waals surface area contributed by atoms with Crippen LogP contribution < -0.4 is 10.5 Å². The lowest BCUT2D eigenvalue weighted by Gasteiger charge is -2.16. The van der Waals surface area contributed by atoms with Crippen molar-refractivity contribution in [2.45, 2.75) is 6.42 Å². The third-order valence-electron chi connectivity index (χ3n) is 4.74. The minimum atomic E-state index is -0.223. The average Bonchev–Trinajstić information content (AvgIpc) is 3.26. The Morgan fingerprint density at radius 2 is 1.88 bits per heavy atom. The Kier molecular flexibility index (Phi) is 2.82. The van der Waals surface area contributed by atoms with E-state index in [2.05, 4.69) is 10.1 Å². The molecule has 0 atom stereocenters. The second-order valence-electron chi connectivity index (χ2n) is 6.13. The van der Waals surface area contributed by atoms with E-state index in [1.54, 1.807) is 21.5 Å². The van der Waals surface area contributed by atoms with Crippen LogP contribution in [-0.4, -0.2) is 27.0 Å². The number of rotatable bonds is 1. The fraction of sp³-hybridized carbons (Fsp3) is 0.105. The van der Waals surface area contributed by atoms with Crippen LogP contribution in [-0.2, 0) is 6.42 Å². The highest BCUT2D eigenvalue weighted by molar-refractivity contribution is 6.11. The molecular weight excluding hydrogens is 316 g/mol. The molecule has 5 rings (SSSR count). The van der Waals surface area contributed by atoms with Gasteiger partial charge in [0, 0.05) is 12.2 Å². The monoisotopic (exact) mass is 330 g/mol. The number of para-hydroxylation sites is 2. The van der Waals surface area contributed by atoms with Gasteiger partial charge in [0.05, 0.1) is 17.1 Å². The minimum Gasteiger partial charge on any atom is -0.308 e. The number of hydrogen-bond donors (Lipinski definition) is 1. The maximum atomic E-state index is 13.1. The number of fused-ring (bicyclic) bond motifs is 4. The lowest BCUT2D eigenvalue weighted by Crippen LogP contribution is -2.29. The lowest BCUT2D eigenvalue weighted by atomic mass is 10.2. The topological polar surface area (TPSA) is 70.5 Å². The molecule has 0 unspecified atom stereocenters. The molecule has 4 aromatic rings. The Bertz CT molecular complexity index is 1200. The van der Waals surface area contributed by atoms with E-state index in [1.165, 1.54) is 6.20 Å². The zero-order chi connectivity index (χ0) is 17.0. The van der Waals surface area contributed by atoms with Gasteiger partial charge >= 0.3 is 0 Å². The zero-order valence-corrected chi connectivity index (χ0v) is 13.3. The van der Waals surface area contributed by atoms with Gasteiger partial charge in [-0.25, -0.2) is 4.52 Å². The maximum absolute atomic E-state index is 13.1. The van der Waals surface area contributed by atoms with E-state index in [1.807, 2.05) is 36.4 Å². The molecule has 1 amide bonds. The predicted octanol–water partition coefficient (Wildman–Crippen LogP) is 2.38. The van der Waals surface area contributed by atoms with Crippen molar-refractivity contribution in [1.82, 2.24) is 14.6 Å². The molecule has 1 aliphatic heterocycles. The van der Waals surface area contributed by atoms with Crippen molar-refractivity contribution in [2.24, 2.45) is 0 Å².